The molecule has 0 atom stereocenters. The summed E-state index contributed by atoms with van der Waals surface area (Å²) in [5, 5.41) is 0. The molecular weight excluding hydrogens is 777 g/mol. The molecule has 64 heavy (non-hydrogen) atoms. The predicted octanol–water partition coefficient (Wildman–Crippen LogP) is 16.4. The number of para-hydroxylation sites is 3. The maximum Gasteiger partial charge on any atom is 0.132 e. The Labute approximate surface area is 374 Å². The first-order valence-corrected chi connectivity index (χ1v) is 21.9. The van der Waals surface area contributed by atoms with Crippen molar-refractivity contribution >= 4 is 34.1 Å². The molecule has 0 aliphatic carbocycles. The Morgan fingerprint density at radius 1 is 0.297 bits per heavy atom. The third kappa shape index (κ3) is 6.13. The highest BCUT2D eigenvalue weighted by Crippen LogP contribution is 2.63. The Bertz CT molecular complexity index is 3140. The molecule has 0 amide bonds. The van der Waals surface area contributed by atoms with Crippen LogP contribution in [0.4, 0.5) is 34.1 Å². The molecule has 0 unspecified atom stereocenters. The number of rotatable bonds is 7. The van der Waals surface area contributed by atoms with Crippen LogP contribution in [0.5, 0.6) is 11.5 Å². The highest BCUT2D eigenvalue weighted by Gasteiger charge is 2.51. The average Bonchev–Trinajstić information content (AvgIpc) is 3.38. The van der Waals surface area contributed by atoms with E-state index in [1.54, 1.807) is 0 Å². The molecule has 0 fully saturated rings. The maximum atomic E-state index is 6.71. The minimum absolute atomic E-state index is 0.646. The van der Waals surface area contributed by atoms with Crippen LogP contribution < -0.4 is 14.5 Å². The highest BCUT2D eigenvalue weighted by molar-refractivity contribution is 5.93. The van der Waals surface area contributed by atoms with Crippen molar-refractivity contribution in [1.82, 2.24) is 0 Å². The smallest absolute Gasteiger partial charge is 0.132 e. The summed E-state index contributed by atoms with van der Waals surface area (Å²) < 4.78 is 6.71. The molecule has 2 aliphatic rings. The number of benzene rings is 10. The molecule has 302 valence electrons. The average molecular weight is 819 g/mol. The molecule has 3 nitrogen and oxygen atoms in total. The molecule has 3 heteroatoms. The number of hydrogen-bond donors (Lipinski definition) is 0. The first kappa shape index (κ1) is 37.4. The van der Waals surface area contributed by atoms with E-state index in [-0.39, 0.29) is 0 Å². The standard InChI is InChI=1S/C61H42N2O/c1-4-16-43(17-5-1)46-28-33-49(34-29-46)62(50-35-30-47(31-36-50)44-18-6-2-7-19-44)51-37-39-52(40-38-51)63-57-25-13-10-22-53(57)61(56-42-48(32-41-58(56)63)45-20-8-3-9-21-45)54-23-11-14-26-59(54)64-60-27-15-12-24-55(60)61/h1-42H. The normalized spacial score (nSPS) is 12.9. The number of fused-ring (bicyclic) bond motifs is 8. The van der Waals surface area contributed by atoms with Gasteiger partial charge in [0.15, 0.2) is 0 Å². The zero-order valence-electron chi connectivity index (χ0n) is 35.1. The molecule has 0 N–H and O–H groups in total. The molecule has 10 aromatic carbocycles. The molecule has 0 bridgehead atoms. The van der Waals surface area contributed by atoms with E-state index in [2.05, 4.69) is 265 Å². The summed E-state index contributed by atoms with van der Waals surface area (Å²) in [5.41, 5.74) is 17.7. The summed E-state index contributed by atoms with van der Waals surface area (Å²) in [4.78, 5) is 4.80. The van der Waals surface area contributed by atoms with Crippen molar-refractivity contribution in [3.05, 3.63) is 277 Å². The Morgan fingerprint density at radius 2 is 0.672 bits per heavy atom. The van der Waals surface area contributed by atoms with Crippen LogP contribution in [0.3, 0.4) is 0 Å². The van der Waals surface area contributed by atoms with Gasteiger partial charge in [-0.25, -0.2) is 0 Å². The summed E-state index contributed by atoms with van der Waals surface area (Å²) in [7, 11) is 0. The molecule has 10 aromatic rings. The van der Waals surface area contributed by atoms with Crippen molar-refractivity contribution in [2.75, 3.05) is 9.80 Å². The second-order valence-corrected chi connectivity index (χ2v) is 16.5. The fraction of sp³-hybridized carbons (Fsp3) is 0.0164. The fourth-order valence-electron chi connectivity index (χ4n) is 10.0. The SMILES string of the molecule is c1ccc(-c2ccc(N(c3ccc(-c4ccccc4)cc3)c3ccc(N4c5ccccc5C5(c6ccccc6Oc6ccccc65)c5cc(-c6ccccc6)ccc54)cc3)cc2)cc1. The third-order valence-corrected chi connectivity index (χ3v) is 12.9. The Kier molecular flexibility index (Phi) is 9.05. The van der Waals surface area contributed by atoms with Crippen LogP contribution in [-0.4, -0.2) is 0 Å². The lowest BCUT2D eigenvalue weighted by atomic mass is 9.61. The van der Waals surface area contributed by atoms with Crippen molar-refractivity contribution in [2.45, 2.75) is 5.41 Å². The van der Waals surface area contributed by atoms with Crippen LogP contribution in [0.1, 0.15) is 22.3 Å². The number of hydrogen-bond acceptors (Lipinski definition) is 3. The van der Waals surface area contributed by atoms with Crippen LogP contribution >= 0.6 is 0 Å². The lowest BCUT2D eigenvalue weighted by molar-refractivity contribution is 0.434. The van der Waals surface area contributed by atoms with E-state index in [9.17, 15) is 0 Å². The van der Waals surface area contributed by atoms with Crippen LogP contribution in [0.15, 0.2) is 255 Å². The lowest BCUT2D eigenvalue weighted by Crippen LogP contribution is -2.39. The van der Waals surface area contributed by atoms with Gasteiger partial charge in [-0.3, -0.25) is 0 Å². The van der Waals surface area contributed by atoms with Crippen LogP contribution in [0.2, 0.25) is 0 Å². The van der Waals surface area contributed by atoms with Crippen LogP contribution in [0.25, 0.3) is 33.4 Å². The minimum Gasteiger partial charge on any atom is -0.457 e. The van der Waals surface area contributed by atoms with Gasteiger partial charge in [0.25, 0.3) is 0 Å². The van der Waals surface area contributed by atoms with Gasteiger partial charge in [-0.1, -0.05) is 176 Å². The molecule has 2 heterocycles. The monoisotopic (exact) mass is 818 g/mol. The first-order valence-electron chi connectivity index (χ1n) is 21.9. The van der Waals surface area contributed by atoms with E-state index in [0.29, 0.717) is 0 Å². The van der Waals surface area contributed by atoms with Crippen molar-refractivity contribution < 1.29 is 4.74 Å². The Hall–Kier alpha value is -8.40. The zero-order valence-corrected chi connectivity index (χ0v) is 35.1. The van der Waals surface area contributed by atoms with Gasteiger partial charge in [0.05, 0.1) is 16.8 Å². The van der Waals surface area contributed by atoms with E-state index in [4.69, 9.17) is 4.74 Å². The minimum atomic E-state index is -0.646. The quantitative estimate of drug-likeness (QED) is 0.159. The summed E-state index contributed by atoms with van der Waals surface area (Å²) in [5.74, 6) is 1.75. The predicted molar refractivity (Wildman–Crippen MR) is 264 cm³/mol. The van der Waals surface area contributed by atoms with E-state index >= 15 is 0 Å². The van der Waals surface area contributed by atoms with Crippen molar-refractivity contribution in [2.24, 2.45) is 0 Å². The van der Waals surface area contributed by atoms with E-state index in [0.717, 1.165) is 56.8 Å². The second-order valence-electron chi connectivity index (χ2n) is 16.5. The molecule has 1 spiro atoms. The number of anilines is 6. The second kappa shape index (κ2) is 15.5. The highest BCUT2D eigenvalue weighted by atomic mass is 16.5. The largest absolute Gasteiger partial charge is 0.457 e. The lowest BCUT2D eigenvalue weighted by Gasteiger charge is -2.48. The van der Waals surface area contributed by atoms with E-state index in [1.165, 1.54) is 44.5 Å². The van der Waals surface area contributed by atoms with Crippen molar-refractivity contribution in [3.63, 3.8) is 0 Å². The molecule has 12 rings (SSSR count). The van der Waals surface area contributed by atoms with Gasteiger partial charge in [0.1, 0.15) is 11.5 Å². The topological polar surface area (TPSA) is 15.7 Å². The van der Waals surface area contributed by atoms with E-state index in [1.807, 2.05) is 0 Å². The molecule has 0 saturated carbocycles. The Morgan fingerprint density at radius 3 is 1.19 bits per heavy atom. The number of nitrogens with zero attached hydrogens (tertiary/aromatic N) is 2. The first-order chi connectivity index (χ1) is 31.7. The Balaban J connectivity index is 1.02. The van der Waals surface area contributed by atoms with Crippen molar-refractivity contribution in [1.29, 1.82) is 0 Å². The number of ether oxygens (including phenoxy) is 1. The molecule has 0 radical (unpaired) electrons. The summed E-state index contributed by atoms with van der Waals surface area (Å²) in [6, 6.07) is 91.8. The third-order valence-electron chi connectivity index (χ3n) is 12.9. The maximum absolute atomic E-state index is 6.71. The summed E-state index contributed by atoms with van der Waals surface area (Å²) >= 11 is 0. The van der Waals surface area contributed by atoms with Gasteiger partial charge < -0.3 is 14.5 Å². The van der Waals surface area contributed by atoms with Crippen LogP contribution in [-0.2, 0) is 5.41 Å². The summed E-state index contributed by atoms with van der Waals surface area (Å²) in [6.45, 7) is 0. The van der Waals surface area contributed by atoms with E-state index < -0.39 is 5.41 Å². The zero-order chi connectivity index (χ0) is 42.5. The van der Waals surface area contributed by atoms with Gasteiger partial charge in [0, 0.05) is 33.9 Å². The molecule has 0 aromatic heterocycles. The molecular formula is C61H42N2O. The van der Waals surface area contributed by atoms with Crippen LogP contribution in [0, 0.1) is 0 Å². The van der Waals surface area contributed by atoms with Gasteiger partial charge in [-0.2, -0.15) is 0 Å². The van der Waals surface area contributed by atoms with Gasteiger partial charge in [-0.15, -0.1) is 0 Å². The molecule has 0 saturated heterocycles. The van der Waals surface area contributed by atoms with Crippen molar-refractivity contribution in [3.8, 4) is 44.9 Å². The van der Waals surface area contributed by atoms with Gasteiger partial charge in [-0.05, 0) is 123 Å². The molecule has 2 aliphatic heterocycles. The van der Waals surface area contributed by atoms with Gasteiger partial charge >= 0.3 is 0 Å². The fourth-order valence-corrected chi connectivity index (χ4v) is 10.0. The van der Waals surface area contributed by atoms with Gasteiger partial charge in [0.2, 0.25) is 0 Å². The summed E-state index contributed by atoms with van der Waals surface area (Å²) in [6.07, 6.45) is 0.